The van der Waals surface area contributed by atoms with Gasteiger partial charge in [-0.15, -0.1) is 10.2 Å². The van der Waals surface area contributed by atoms with E-state index in [1.165, 1.54) is 5.57 Å². The molecule has 0 saturated carbocycles. The van der Waals surface area contributed by atoms with E-state index in [1.807, 2.05) is 11.6 Å². The van der Waals surface area contributed by atoms with Crippen molar-refractivity contribution in [3.05, 3.63) is 17.5 Å². The van der Waals surface area contributed by atoms with Crippen LogP contribution in [0.25, 0.3) is 0 Å². The Morgan fingerprint density at radius 3 is 2.88 bits per heavy atom. The smallest absolute Gasteiger partial charge is 0.190 e. The molecule has 0 radical (unpaired) electrons. The van der Waals surface area contributed by atoms with Gasteiger partial charge in [0, 0.05) is 19.2 Å². The summed E-state index contributed by atoms with van der Waals surface area (Å²) >= 11 is 1.75. The zero-order valence-electron chi connectivity index (χ0n) is 10.9. The Balaban J connectivity index is 2.42. The average Bonchev–Trinajstić information content (AvgIpc) is 2.67. The minimum atomic E-state index is 0.620. The number of nitrogens with two attached hydrogens (primary N) is 1. The van der Waals surface area contributed by atoms with Crippen LogP contribution in [0, 0.1) is 0 Å². The summed E-state index contributed by atoms with van der Waals surface area (Å²) in [5, 5.41) is 9.29. The second-order valence-corrected chi connectivity index (χ2v) is 5.10. The predicted molar refractivity (Wildman–Crippen MR) is 73.2 cm³/mol. The summed E-state index contributed by atoms with van der Waals surface area (Å²) in [6.45, 7) is 4.97. The third kappa shape index (κ3) is 4.52. The van der Waals surface area contributed by atoms with Crippen LogP contribution in [-0.2, 0) is 13.5 Å². The Hall–Kier alpha value is -0.810. The predicted octanol–water partition coefficient (Wildman–Crippen LogP) is 2.15. The molecule has 0 spiro atoms. The summed E-state index contributed by atoms with van der Waals surface area (Å²) in [5.74, 6) is 2.02. The van der Waals surface area contributed by atoms with Crippen LogP contribution in [0.15, 0.2) is 16.8 Å². The van der Waals surface area contributed by atoms with Crippen LogP contribution >= 0.6 is 11.8 Å². The van der Waals surface area contributed by atoms with E-state index in [9.17, 15) is 0 Å². The maximum absolute atomic E-state index is 5.51. The van der Waals surface area contributed by atoms with Crippen LogP contribution in [0.2, 0.25) is 0 Å². The summed E-state index contributed by atoms with van der Waals surface area (Å²) in [7, 11) is 2.00. The largest absolute Gasteiger partial charge is 0.330 e. The van der Waals surface area contributed by atoms with Crippen LogP contribution < -0.4 is 5.73 Å². The molecule has 1 aromatic heterocycles. The lowest BCUT2D eigenvalue weighted by molar-refractivity contribution is 0.727. The van der Waals surface area contributed by atoms with Crippen LogP contribution in [0.1, 0.15) is 32.5 Å². The molecule has 2 N–H and O–H groups in total. The Kier molecular flexibility index (Phi) is 6.29. The third-order valence-corrected chi connectivity index (χ3v) is 3.75. The molecule has 0 fully saturated rings. The molecule has 0 saturated heterocycles. The maximum atomic E-state index is 5.51. The van der Waals surface area contributed by atoms with Crippen LogP contribution in [0.3, 0.4) is 0 Å². The second-order valence-electron chi connectivity index (χ2n) is 4.04. The monoisotopic (exact) mass is 254 g/mol. The highest BCUT2D eigenvalue weighted by Gasteiger charge is 2.07. The van der Waals surface area contributed by atoms with Crippen molar-refractivity contribution in [3.63, 3.8) is 0 Å². The number of allylic oxidation sites excluding steroid dienone is 2. The van der Waals surface area contributed by atoms with Crippen LogP contribution in [0.4, 0.5) is 0 Å². The van der Waals surface area contributed by atoms with Crippen molar-refractivity contribution in [2.24, 2.45) is 12.8 Å². The van der Waals surface area contributed by atoms with Gasteiger partial charge in [-0.05, 0) is 26.3 Å². The van der Waals surface area contributed by atoms with Gasteiger partial charge in [0.25, 0.3) is 0 Å². The molecule has 0 atom stereocenters. The van der Waals surface area contributed by atoms with Crippen molar-refractivity contribution < 1.29 is 0 Å². The molecule has 17 heavy (non-hydrogen) atoms. The highest BCUT2D eigenvalue weighted by molar-refractivity contribution is 7.99. The van der Waals surface area contributed by atoms with Crippen molar-refractivity contribution in [1.29, 1.82) is 0 Å². The zero-order valence-corrected chi connectivity index (χ0v) is 11.8. The highest BCUT2D eigenvalue weighted by atomic mass is 32.2. The van der Waals surface area contributed by atoms with Gasteiger partial charge < -0.3 is 10.3 Å². The van der Waals surface area contributed by atoms with Crippen molar-refractivity contribution >= 4 is 11.8 Å². The number of thioether (sulfide) groups is 1. The lowest BCUT2D eigenvalue weighted by Crippen LogP contribution is -2.08. The molecule has 0 aliphatic heterocycles. The van der Waals surface area contributed by atoms with E-state index in [2.05, 4.69) is 30.1 Å². The molecule has 1 rings (SSSR count). The summed E-state index contributed by atoms with van der Waals surface area (Å²) < 4.78 is 2.04. The Morgan fingerprint density at radius 1 is 1.47 bits per heavy atom. The molecule has 0 aromatic carbocycles. The minimum Gasteiger partial charge on any atom is -0.330 e. The molecule has 1 heterocycles. The van der Waals surface area contributed by atoms with E-state index in [1.54, 1.807) is 11.8 Å². The highest BCUT2D eigenvalue weighted by Crippen LogP contribution is 2.17. The quantitative estimate of drug-likeness (QED) is 0.460. The van der Waals surface area contributed by atoms with E-state index >= 15 is 0 Å². The van der Waals surface area contributed by atoms with E-state index < -0.39 is 0 Å². The lowest BCUT2D eigenvalue weighted by Gasteiger charge is -2.02. The van der Waals surface area contributed by atoms with E-state index in [-0.39, 0.29) is 0 Å². The summed E-state index contributed by atoms with van der Waals surface area (Å²) in [6.07, 6.45) is 5.31. The third-order valence-electron chi connectivity index (χ3n) is 2.69. The van der Waals surface area contributed by atoms with E-state index in [4.69, 9.17) is 5.73 Å². The lowest BCUT2D eigenvalue weighted by atomic mass is 10.2. The molecule has 0 aliphatic rings. The van der Waals surface area contributed by atoms with E-state index in [0.717, 1.165) is 36.0 Å². The molecular weight excluding hydrogens is 232 g/mol. The van der Waals surface area contributed by atoms with Gasteiger partial charge in [0.15, 0.2) is 5.16 Å². The minimum absolute atomic E-state index is 0.620. The average molecular weight is 254 g/mol. The fourth-order valence-corrected chi connectivity index (χ4v) is 2.23. The molecule has 96 valence electrons. The number of hydrogen-bond donors (Lipinski definition) is 1. The standard InChI is InChI=1S/C12H22N4S/c1-4-10(2)6-5-9-17-12-15-14-11(7-8-13)16(12)3/h6H,4-5,7-9,13H2,1-3H3/b10-6+. The number of rotatable bonds is 7. The molecule has 4 nitrogen and oxygen atoms in total. The van der Waals surface area contributed by atoms with Gasteiger partial charge in [0.05, 0.1) is 0 Å². The normalized spacial score (nSPS) is 12.1. The summed E-state index contributed by atoms with van der Waals surface area (Å²) in [4.78, 5) is 0. The second kappa shape index (κ2) is 7.50. The fraction of sp³-hybridized carbons (Fsp3) is 0.667. The van der Waals surface area contributed by atoms with Crippen molar-refractivity contribution in [1.82, 2.24) is 14.8 Å². The number of nitrogens with zero attached hydrogens (tertiary/aromatic N) is 3. The first-order valence-corrected chi connectivity index (χ1v) is 7.04. The van der Waals surface area contributed by atoms with Gasteiger partial charge in [-0.25, -0.2) is 0 Å². The van der Waals surface area contributed by atoms with Gasteiger partial charge in [-0.1, -0.05) is 30.3 Å². The number of hydrogen-bond acceptors (Lipinski definition) is 4. The zero-order chi connectivity index (χ0) is 12.7. The van der Waals surface area contributed by atoms with Crippen LogP contribution in [0.5, 0.6) is 0 Å². The summed E-state index contributed by atoms with van der Waals surface area (Å²) in [6, 6.07) is 0. The molecule has 5 heteroatoms. The topological polar surface area (TPSA) is 56.7 Å². The molecule has 0 unspecified atom stereocenters. The molecule has 0 aliphatic carbocycles. The van der Waals surface area contributed by atoms with Gasteiger partial charge in [0.2, 0.25) is 0 Å². The molecular formula is C12H22N4S. The molecule has 0 amide bonds. The van der Waals surface area contributed by atoms with Crippen molar-refractivity contribution in [3.8, 4) is 0 Å². The van der Waals surface area contributed by atoms with Crippen LogP contribution in [-0.4, -0.2) is 27.1 Å². The maximum Gasteiger partial charge on any atom is 0.190 e. The molecule has 0 bridgehead atoms. The van der Waals surface area contributed by atoms with Gasteiger partial charge >= 0.3 is 0 Å². The Bertz CT molecular complexity index is 371. The van der Waals surface area contributed by atoms with Crippen molar-refractivity contribution in [2.75, 3.05) is 12.3 Å². The van der Waals surface area contributed by atoms with Gasteiger partial charge in [-0.3, -0.25) is 0 Å². The first-order chi connectivity index (χ1) is 8.19. The summed E-state index contributed by atoms with van der Waals surface area (Å²) in [5.41, 5.74) is 6.96. The first kappa shape index (κ1) is 14.3. The van der Waals surface area contributed by atoms with E-state index in [0.29, 0.717) is 6.54 Å². The Morgan fingerprint density at radius 2 is 2.24 bits per heavy atom. The van der Waals surface area contributed by atoms with Gasteiger partial charge in [-0.2, -0.15) is 0 Å². The Labute approximate surface area is 108 Å². The van der Waals surface area contributed by atoms with Crippen molar-refractivity contribution in [2.45, 2.75) is 38.3 Å². The number of aromatic nitrogens is 3. The fourth-order valence-electron chi connectivity index (χ4n) is 1.42. The van der Waals surface area contributed by atoms with Gasteiger partial charge in [0.1, 0.15) is 5.82 Å². The first-order valence-electron chi connectivity index (χ1n) is 6.05. The SMILES string of the molecule is CC/C(C)=C/CCSc1nnc(CCN)n1C. The molecule has 1 aromatic rings.